The second-order valence-electron chi connectivity index (χ2n) is 4.91. The number of aliphatic hydroxyl groups excluding tert-OH is 1. The molecular formula is C16H24ClNO2. The molecule has 0 bridgehead atoms. The summed E-state index contributed by atoms with van der Waals surface area (Å²) in [7, 11) is 0. The Balaban J connectivity index is 2.60. The average molecular weight is 298 g/mol. The molecule has 0 radical (unpaired) electrons. The van der Waals surface area contributed by atoms with Gasteiger partial charge < -0.3 is 5.11 Å². The van der Waals surface area contributed by atoms with E-state index in [-0.39, 0.29) is 12.4 Å². The lowest BCUT2D eigenvalue weighted by Crippen LogP contribution is -2.38. The monoisotopic (exact) mass is 297 g/mol. The lowest BCUT2D eigenvalue weighted by Gasteiger charge is -2.29. The summed E-state index contributed by atoms with van der Waals surface area (Å²) in [6.07, 6.45) is 2.51. The van der Waals surface area contributed by atoms with E-state index in [1.54, 1.807) is 24.3 Å². The topological polar surface area (TPSA) is 40.5 Å². The third-order valence-corrected chi connectivity index (χ3v) is 3.85. The van der Waals surface area contributed by atoms with Crippen molar-refractivity contribution >= 4 is 17.4 Å². The molecule has 0 fully saturated rings. The molecule has 1 aromatic carbocycles. The summed E-state index contributed by atoms with van der Waals surface area (Å²) in [5, 5.41) is 9.74. The van der Waals surface area contributed by atoms with Crippen LogP contribution < -0.4 is 0 Å². The zero-order valence-corrected chi connectivity index (χ0v) is 13.1. The second kappa shape index (κ2) is 9.11. The van der Waals surface area contributed by atoms with Crippen LogP contribution in [0.3, 0.4) is 0 Å². The molecule has 0 saturated heterocycles. The molecular weight excluding hydrogens is 274 g/mol. The summed E-state index contributed by atoms with van der Waals surface area (Å²) < 4.78 is 0. The van der Waals surface area contributed by atoms with Gasteiger partial charge in [0.05, 0.1) is 6.61 Å². The number of carbonyl (C=O) groups is 1. The first kappa shape index (κ1) is 17.2. The van der Waals surface area contributed by atoms with Crippen molar-refractivity contribution in [2.75, 3.05) is 19.7 Å². The molecule has 0 aliphatic heterocycles. The highest BCUT2D eigenvalue weighted by Crippen LogP contribution is 2.14. The van der Waals surface area contributed by atoms with Crippen LogP contribution in [0.1, 0.15) is 43.5 Å². The molecule has 20 heavy (non-hydrogen) atoms. The predicted molar refractivity (Wildman–Crippen MR) is 83.4 cm³/mol. The smallest absolute Gasteiger partial charge is 0.164 e. The highest BCUT2D eigenvalue weighted by atomic mass is 35.5. The number of halogens is 1. The highest BCUT2D eigenvalue weighted by Gasteiger charge is 2.16. The number of hydrogen-bond acceptors (Lipinski definition) is 3. The highest BCUT2D eigenvalue weighted by molar-refractivity contribution is 6.31. The van der Waals surface area contributed by atoms with Crippen LogP contribution in [0, 0.1) is 0 Å². The summed E-state index contributed by atoms with van der Waals surface area (Å²) in [6, 6.07) is 7.48. The van der Waals surface area contributed by atoms with E-state index in [9.17, 15) is 4.79 Å². The van der Waals surface area contributed by atoms with Crippen molar-refractivity contribution in [1.29, 1.82) is 0 Å². The molecule has 1 rings (SSSR count). The molecule has 0 unspecified atom stereocenters. The molecule has 0 aliphatic rings. The van der Waals surface area contributed by atoms with Gasteiger partial charge in [0, 0.05) is 36.1 Å². The number of rotatable bonds is 9. The van der Waals surface area contributed by atoms with E-state index < -0.39 is 0 Å². The Hall–Kier alpha value is -0.900. The van der Waals surface area contributed by atoms with E-state index in [0.29, 0.717) is 36.1 Å². The van der Waals surface area contributed by atoms with E-state index in [4.69, 9.17) is 16.7 Å². The van der Waals surface area contributed by atoms with Gasteiger partial charge in [-0.05, 0) is 25.0 Å². The number of carbonyl (C=O) groups excluding carboxylic acids is 1. The van der Waals surface area contributed by atoms with Crippen LogP contribution in [0.5, 0.6) is 0 Å². The minimum Gasteiger partial charge on any atom is -0.395 e. The maximum atomic E-state index is 12.2. The predicted octanol–water partition coefficient (Wildman–Crippen LogP) is 3.40. The number of ketones is 1. The van der Waals surface area contributed by atoms with Crippen molar-refractivity contribution in [3.63, 3.8) is 0 Å². The van der Waals surface area contributed by atoms with Crippen molar-refractivity contribution in [1.82, 2.24) is 4.90 Å². The molecule has 4 heteroatoms. The average Bonchev–Trinajstić information content (AvgIpc) is 2.45. The van der Waals surface area contributed by atoms with Gasteiger partial charge in [-0.2, -0.15) is 0 Å². The Labute approximate surface area is 126 Å². The normalized spacial score (nSPS) is 11.3. The molecule has 0 heterocycles. The SMILES string of the molecule is CCC(CC)N(CCO)CCC(=O)c1cccc(Cl)c1. The lowest BCUT2D eigenvalue weighted by atomic mass is 10.1. The molecule has 3 nitrogen and oxygen atoms in total. The van der Waals surface area contributed by atoms with Crippen LogP contribution in [-0.2, 0) is 0 Å². The Kier molecular flexibility index (Phi) is 7.82. The first-order chi connectivity index (χ1) is 9.62. The Morgan fingerprint density at radius 3 is 2.55 bits per heavy atom. The first-order valence-electron chi connectivity index (χ1n) is 7.26. The molecule has 0 aromatic heterocycles. The number of benzene rings is 1. The molecule has 1 aromatic rings. The summed E-state index contributed by atoms with van der Waals surface area (Å²) in [4.78, 5) is 14.4. The van der Waals surface area contributed by atoms with Crippen molar-refractivity contribution in [2.45, 2.75) is 39.2 Å². The van der Waals surface area contributed by atoms with Gasteiger partial charge in [0.2, 0.25) is 0 Å². The van der Waals surface area contributed by atoms with Crippen molar-refractivity contribution in [3.05, 3.63) is 34.9 Å². The third-order valence-electron chi connectivity index (χ3n) is 3.62. The fourth-order valence-corrected chi connectivity index (χ4v) is 2.65. The largest absolute Gasteiger partial charge is 0.395 e. The van der Waals surface area contributed by atoms with E-state index in [1.807, 2.05) is 0 Å². The number of hydrogen-bond donors (Lipinski definition) is 1. The third kappa shape index (κ3) is 5.23. The zero-order valence-electron chi connectivity index (χ0n) is 12.3. The fraction of sp³-hybridized carbons (Fsp3) is 0.562. The molecule has 0 amide bonds. The molecule has 0 atom stereocenters. The van der Waals surface area contributed by atoms with Gasteiger partial charge in [-0.25, -0.2) is 0 Å². The summed E-state index contributed by atoms with van der Waals surface area (Å²) >= 11 is 5.90. The van der Waals surface area contributed by atoms with Gasteiger partial charge in [0.1, 0.15) is 0 Å². The maximum absolute atomic E-state index is 12.2. The molecule has 112 valence electrons. The minimum atomic E-state index is 0.0985. The van der Waals surface area contributed by atoms with Crippen LogP contribution >= 0.6 is 11.6 Å². The van der Waals surface area contributed by atoms with Crippen LogP contribution in [0.25, 0.3) is 0 Å². The Morgan fingerprint density at radius 1 is 1.30 bits per heavy atom. The van der Waals surface area contributed by atoms with Crippen molar-refractivity contribution in [2.24, 2.45) is 0 Å². The maximum Gasteiger partial charge on any atom is 0.164 e. The van der Waals surface area contributed by atoms with E-state index >= 15 is 0 Å². The van der Waals surface area contributed by atoms with Crippen LogP contribution in [0.15, 0.2) is 24.3 Å². The number of nitrogens with zero attached hydrogens (tertiary/aromatic N) is 1. The van der Waals surface area contributed by atoms with E-state index in [1.165, 1.54) is 0 Å². The standard InChI is InChI=1S/C16H24ClNO2/c1-3-15(4-2)18(10-11-19)9-8-16(20)13-6-5-7-14(17)12-13/h5-7,12,15,19H,3-4,8-11H2,1-2H3. The fourth-order valence-electron chi connectivity index (χ4n) is 2.46. The van der Waals surface area contributed by atoms with Gasteiger partial charge in [-0.1, -0.05) is 37.6 Å². The van der Waals surface area contributed by atoms with Gasteiger partial charge in [0.15, 0.2) is 5.78 Å². The number of aliphatic hydroxyl groups is 1. The number of Topliss-reactive ketones (excluding diaryl/α,β-unsaturated/α-hetero) is 1. The summed E-state index contributed by atoms with van der Waals surface area (Å²) in [5.41, 5.74) is 0.658. The zero-order chi connectivity index (χ0) is 15.0. The van der Waals surface area contributed by atoms with Crippen molar-refractivity contribution in [3.8, 4) is 0 Å². The Bertz CT molecular complexity index is 419. The van der Waals surface area contributed by atoms with Gasteiger partial charge in [-0.15, -0.1) is 0 Å². The summed E-state index contributed by atoms with van der Waals surface area (Å²) in [5.74, 6) is 0.0985. The minimum absolute atomic E-state index is 0.0985. The Morgan fingerprint density at radius 2 is 2.00 bits per heavy atom. The second-order valence-corrected chi connectivity index (χ2v) is 5.35. The van der Waals surface area contributed by atoms with Gasteiger partial charge in [0.25, 0.3) is 0 Å². The van der Waals surface area contributed by atoms with E-state index in [2.05, 4.69) is 18.7 Å². The van der Waals surface area contributed by atoms with Crippen LogP contribution in [-0.4, -0.2) is 41.5 Å². The molecule has 1 N–H and O–H groups in total. The van der Waals surface area contributed by atoms with Gasteiger partial charge >= 0.3 is 0 Å². The molecule has 0 spiro atoms. The van der Waals surface area contributed by atoms with Crippen LogP contribution in [0.4, 0.5) is 0 Å². The first-order valence-corrected chi connectivity index (χ1v) is 7.63. The van der Waals surface area contributed by atoms with Gasteiger partial charge in [-0.3, -0.25) is 9.69 Å². The van der Waals surface area contributed by atoms with Crippen molar-refractivity contribution < 1.29 is 9.90 Å². The van der Waals surface area contributed by atoms with E-state index in [0.717, 1.165) is 12.8 Å². The quantitative estimate of drug-likeness (QED) is 0.710. The molecule has 0 aliphatic carbocycles. The lowest BCUT2D eigenvalue weighted by molar-refractivity contribution is 0.0927. The summed E-state index contributed by atoms with van der Waals surface area (Å²) in [6.45, 7) is 5.70. The van der Waals surface area contributed by atoms with Crippen LogP contribution in [0.2, 0.25) is 5.02 Å². The molecule has 0 saturated carbocycles.